The highest BCUT2D eigenvalue weighted by Gasteiger charge is 2.12. The van der Waals surface area contributed by atoms with Gasteiger partial charge in [-0.05, 0) is 36.8 Å². The largest absolute Gasteiger partial charge is 0.478 e. The molecule has 0 saturated carbocycles. The van der Waals surface area contributed by atoms with Crippen LogP contribution < -0.4 is 5.32 Å². The van der Waals surface area contributed by atoms with E-state index < -0.39 is 5.97 Å². The lowest BCUT2D eigenvalue weighted by Crippen LogP contribution is -2.15. The van der Waals surface area contributed by atoms with Gasteiger partial charge in [0.15, 0.2) is 5.16 Å². The molecule has 25 heavy (non-hydrogen) atoms. The summed E-state index contributed by atoms with van der Waals surface area (Å²) in [6, 6.07) is 9.99. The first kappa shape index (κ1) is 17.3. The minimum Gasteiger partial charge on any atom is -0.478 e. The Labute approximate surface area is 152 Å². The number of imidazole rings is 1. The SMILES string of the molecule is Cc1cccc2[nH]c(SCC(=O)Nc3cc(C(=O)O)ccc3Cl)nc12. The van der Waals surface area contributed by atoms with Gasteiger partial charge in [-0.1, -0.05) is 35.5 Å². The molecule has 2 aromatic carbocycles. The molecule has 0 fully saturated rings. The van der Waals surface area contributed by atoms with Crippen LogP contribution in [0.4, 0.5) is 5.69 Å². The van der Waals surface area contributed by atoms with Crippen LogP contribution in [-0.2, 0) is 4.79 Å². The molecule has 0 bridgehead atoms. The van der Waals surface area contributed by atoms with Crippen LogP contribution in [0.1, 0.15) is 15.9 Å². The molecule has 0 atom stereocenters. The number of anilines is 1. The molecule has 1 aromatic heterocycles. The fourth-order valence-electron chi connectivity index (χ4n) is 2.30. The zero-order valence-corrected chi connectivity index (χ0v) is 14.7. The van der Waals surface area contributed by atoms with Crippen molar-refractivity contribution in [2.24, 2.45) is 0 Å². The van der Waals surface area contributed by atoms with Crippen molar-refractivity contribution in [2.75, 3.05) is 11.1 Å². The quantitative estimate of drug-likeness (QED) is 0.587. The van der Waals surface area contributed by atoms with Crippen LogP contribution in [0.3, 0.4) is 0 Å². The summed E-state index contributed by atoms with van der Waals surface area (Å²) in [6.45, 7) is 1.97. The number of aromatic amines is 1. The number of rotatable bonds is 5. The second-order valence-electron chi connectivity index (χ2n) is 5.35. The predicted octanol–water partition coefficient (Wildman–Crippen LogP) is 3.95. The molecular weight excluding hydrogens is 362 g/mol. The van der Waals surface area contributed by atoms with Gasteiger partial charge >= 0.3 is 5.97 Å². The van der Waals surface area contributed by atoms with Crippen LogP contribution in [0.5, 0.6) is 0 Å². The van der Waals surface area contributed by atoms with Crippen LogP contribution in [0.25, 0.3) is 11.0 Å². The highest BCUT2D eigenvalue weighted by molar-refractivity contribution is 7.99. The third kappa shape index (κ3) is 3.94. The molecule has 1 amide bonds. The lowest BCUT2D eigenvalue weighted by Gasteiger charge is -2.07. The second-order valence-corrected chi connectivity index (χ2v) is 6.72. The van der Waals surface area contributed by atoms with Gasteiger partial charge in [0.25, 0.3) is 0 Å². The van der Waals surface area contributed by atoms with Crippen LogP contribution in [-0.4, -0.2) is 32.7 Å². The van der Waals surface area contributed by atoms with Gasteiger partial charge in [0.1, 0.15) is 0 Å². The number of aromatic carboxylic acids is 1. The summed E-state index contributed by atoms with van der Waals surface area (Å²) in [5.41, 5.74) is 3.18. The molecular formula is C17H14ClN3O3S. The molecule has 6 nitrogen and oxygen atoms in total. The minimum absolute atomic E-state index is 0.0557. The van der Waals surface area contributed by atoms with E-state index in [1.807, 2.05) is 25.1 Å². The number of nitrogens with one attached hydrogen (secondary N) is 2. The Hall–Kier alpha value is -2.51. The molecule has 0 aliphatic carbocycles. The number of hydrogen-bond acceptors (Lipinski definition) is 4. The number of carboxylic acids is 1. The summed E-state index contributed by atoms with van der Waals surface area (Å²) in [5, 5.41) is 12.6. The van der Waals surface area contributed by atoms with E-state index in [1.165, 1.54) is 30.0 Å². The van der Waals surface area contributed by atoms with Gasteiger partial charge in [-0.3, -0.25) is 4.79 Å². The summed E-state index contributed by atoms with van der Waals surface area (Å²) < 4.78 is 0. The van der Waals surface area contributed by atoms with E-state index in [1.54, 1.807) is 0 Å². The van der Waals surface area contributed by atoms with Crippen molar-refractivity contribution in [2.45, 2.75) is 12.1 Å². The number of carboxylic acid groups (broad SMARTS) is 1. The molecule has 0 unspecified atom stereocenters. The van der Waals surface area contributed by atoms with E-state index in [9.17, 15) is 9.59 Å². The van der Waals surface area contributed by atoms with E-state index in [0.29, 0.717) is 5.16 Å². The zero-order valence-electron chi connectivity index (χ0n) is 13.2. The summed E-state index contributed by atoms with van der Waals surface area (Å²) in [6.07, 6.45) is 0. The Kier molecular flexibility index (Phi) is 4.96. The molecule has 3 N–H and O–H groups in total. The van der Waals surface area contributed by atoms with Gasteiger partial charge in [0.2, 0.25) is 5.91 Å². The molecule has 3 rings (SSSR count). The van der Waals surface area contributed by atoms with E-state index in [-0.39, 0.29) is 27.9 Å². The molecule has 8 heteroatoms. The first-order valence-electron chi connectivity index (χ1n) is 7.35. The lowest BCUT2D eigenvalue weighted by atomic mass is 10.2. The highest BCUT2D eigenvalue weighted by atomic mass is 35.5. The predicted molar refractivity (Wildman–Crippen MR) is 98.6 cm³/mol. The minimum atomic E-state index is -1.08. The fourth-order valence-corrected chi connectivity index (χ4v) is 3.14. The molecule has 0 aliphatic heterocycles. The maximum absolute atomic E-state index is 12.1. The number of para-hydroxylation sites is 1. The van der Waals surface area contributed by atoms with Crippen molar-refractivity contribution >= 4 is 52.0 Å². The standard InChI is InChI=1S/C17H14ClN3O3S/c1-9-3-2-4-12-15(9)21-17(20-12)25-8-14(22)19-13-7-10(16(23)24)5-6-11(13)18/h2-7H,8H2,1H3,(H,19,22)(H,20,21)(H,23,24). The van der Waals surface area contributed by atoms with Crippen molar-refractivity contribution in [1.29, 1.82) is 0 Å². The van der Waals surface area contributed by atoms with Gasteiger partial charge in [0, 0.05) is 0 Å². The molecule has 0 radical (unpaired) electrons. The number of aromatic nitrogens is 2. The fraction of sp³-hybridized carbons (Fsp3) is 0.118. The van der Waals surface area contributed by atoms with Crippen LogP contribution in [0.15, 0.2) is 41.6 Å². The molecule has 3 aromatic rings. The van der Waals surface area contributed by atoms with Crippen molar-refractivity contribution in [3.8, 4) is 0 Å². The number of H-pyrrole nitrogens is 1. The van der Waals surface area contributed by atoms with Crippen LogP contribution in [0.2, 0.25) is 5.02 Å². The van der Waals surface area contributed by atoms with E-state index in [0.717, 1.165) is 16.6 Å². The van der Waals surface area contributed by atoms with Gasteiger partial charge in [-0.25, -0.2) is 9.78 Å². The number of thioether (sulfide) groups is 1. The first-order chi connectivity index (χ1) is 11.9. The zero-order chi connectivity index (χ0) is 18.0. The molecule has 0 saturated heterocycles. The Balaban J connectivity index is 1.67. The Bertz CT molecular complexity index is 971. The van der Waals surface area contributed by atoms with E-state index in [2.05, 4.69) is 15.3 Å². The molecule has 1 heterocycles. The summed E-state index contributed by atoms with van der Waals surface area (Å²) >= 11 is 7.26. The number of benzene rings is 2. The number of carbonyl (C=O) groups excluding carboxylic acids is 1. The summed E-state index contributed by atoms with van der Waals surface area (Å²) in [7, 11) is 0. The molecule has 0 spiro atoms. The second kappa shape index (κ2) is 7.16. The summed E-state index contributed by atoms with van der Waals surface area (Å²) in [5.74, 6) is -1.27. The number of hydrogen-bond donors (Lipinski definition) is 3. The number of nitrogens with zero attached hydrogens (tertiary/aromatic N) is 1. The number of carbonyl (C=O) groups is 2. The number of fused-ring (bicyclic) bond motifs is 1. The van der Waals surface area contributed by atoms with Crippen molar-refractivity contribution in [3.05, 3.63) is 52.5 Å². The number of halogens is 1. The van der Waals surface area contributed by atoms with Crippen molar-refractivity contribution in [3.63, 3.8) is 0 Å². The first-order valence-corrected chi connectivity index (χ1v) is 8.71. The number of aryl methyl sites for hydroxylation is 1. The van der Waals surface area contributed by atoms with Gasteiger partial charge in [-0.15, -0.1) is 0 Å². The monoisotopic (exact) mass is 375 g/mol. The maximum Gasteiger partial charge on any atom is 0.335 e. The van der Waals surface area contributed by atoms with E-state index in [4.69, 9.17) is 16.7 Å². The Morgan fingerprint density at radius 2 is 2.12 bits per heavy atom. The third-order valence-electron chi connectivity index (χ3n) is 3.52. The average Bonchev–Trinajstić information content (AvgIpc) is 2.99. The maximum atomic E-state index is 12.1. The Morgan fingerprint density at radius 1 is 1.32 bits per heavy atom. The van der Waals surface area contributed by atoms with Crippen LogP contribution in [0, 0.1) is 6.92 Å². The van der Waals surface area contributed by atoms with Gasteiger partial charge < -0.3 is 15.4 Å². The van der Waals surface area contributed by atoms with Crippen molar-refractivity contribution < 1.29 is 14.7 Å². The molecule has 128 valence electrons. The Morgan fingerprint density at radius 3 is 2.84 bits per heavy atom. The van der Waals surface area contributed by atoms with Crippen LogP contribution >= 0.6 is 23.4 Å². The van der Waals surface area contributed by atoms with Crippen molar-refractivity contribution in [1.82, 2.24) is 9.97 Å². The topological polar surface area (TPSA) is 95.1 Å². The van der Waals surface area contributed by atoms with E-state index >= 15 is 0 Å². The summed E-state index contributed by atoms with van der Waals surface area (Å²) in [4.78, 5) is 30.8. The lowest BCUT2D eigenvalue weighted by molar-refractivity contribution is -0.113. The average molecular weight is 376 g/mol. The molecule has 0 aliphatic rings. The smallest absolute Gasteiger partial charge is 0.335 e. The highest BCUT2D eigenvalue weighted by Crippen LogP contribution is 2.25. The number of amides is 1. The third-order valence-corrected chi connectivity index (χ3v) is 4.72. The normalized spacial score (nSPS) is 10.8. The van der Waals surface area contributed by atoms with Gasteiger partial charge in [0.05, 0.1) is 33.1 Å². The van der Waals surface area contributed by atoms with Gasteiger partial charge in [-0.2, -0.15) is 0 Å².